The smallest absolute Gasteiger partial charge is 0.0732 e. The molecular formula is C10H12Br8. The van der Waals surface area contributed by atoms with Gasteiger partial charge in [0.1, 0.15) is 0 Å². The average molecular weight is 771 g/mol. The minimum Gasteiger partial charge on any atom is -0.0762 e. The molecule has 4 atom stereocenters. The molecule has 0 aliphatic heterocycles. The third-order valence-electron chi connectivity index (χ3n) is 3.50. The van der Waals surface area contributed by atoms with E-state index in [1.165, 1.54) is 12.8 Å². The molecule has 1 aliphatic carbocycles. The van der Waals surface area contributed by atoms with Crippen LogP contribution in [-0.2, 0) is 0 Å². The van der Waals surface area contributed by atoms with E-state index in [2.05, 4.69) is 127 Å². The first-order chi connectivity index (χ1) is 8.27. The second-order valence-corrected chi connectivity index (χ2v) is 17.2. The first-order valence-electron chi connectivity index (χ1n) is 5.40. The molecule has 0 heterocycles. The lowest BCUT2D eigenvalue weighted by Crippen LogP contribution is -2.44. The summed E-state index contributed by atoms with van der Waals surface area (Å²) in [5.74, 6) is 2.22. The van der Waals surface area contributed by atoms with E-state index in [0.717, 1.165) is 0 Å². The van der Waals surface area contributed by atoms with Crippen molar-refractivity contribution < 1.29 is 0 Å². The number of hydrogen-bond acceptors (Lipinski definition) is 0. The summed E-state index contributed by atoms with van der Waals surface area (Å²) in [5, 5.41) is 0. The first-order valence-corrected chi connectivity index (χ1v) is 12.7. The standard InChI is InChI=1S/C10H12Br8/c11-7(12)3-1-2-4(8(13)14)6(10(17)18)5(3)9(15)16/h3-10H,1-2H2. The molecule has 0 aromatic rings. The zero-order chi connectivity index (χ0) is 14.0. The first kappa shape index (κ1) is 19.9. The van der Waals surface area contributed by atoms with E-state index in [4.69, 9.17) is 0 Å². The molecule has 0 saturated heterocycles. The van der Waals surface area contributed by atoms with Crippen LogP contribution in [0.1, 0.15) is 12.8 Å². The maximum atomic E-state index is 3.73. The molecule has 108 valence electrons. The largest absolute Gasteiger partial charge is 0.0762 e. The molecule has 1 rings (SSSR count). The molecule has 0 bridgehead atoms. The fourth-order valence-corrected chi connectivity index (χ4v) is 8.08. The van der Waals surface area contributed by atoms with Gasteiger partial charge in [-0.3, -0.25) is 0 Å². The highest BCUT2D eigenvalue weighted by Gasteiger charge is 2.47. The summed E-state index contributed by atoms with van der Waals surface area (Å²) in [5.41, 5.74) is 0. The van der Waals surface area contributed by atoms with Crippen molar-refractivity contribution in [3.05, 3.63) is 0 Å². The number of alkyl halides is 8. The lowest BCUT2D eigenvalue weighted by atomic mass is 9.69. The van der Waals surface area contributed by atoms with Crippen LogP contribution in [0.5, 0.6) is 0 Å². The van der Waals surface area contributed by atoms with Gasteiger partial charge in [0, 0.05) is 0 Å². The average Bonchev–Trinajstić information content (AvgIpc) is 2.26. The molecule has 0 spiro atoms. The summed E-state index contributed by atoms with van der Waals surface area (Å²) in [6.45, 7) is 0. The van der Waals surface area contributed by atoms with Gasteiger partial charge < -0.3 is 0 Å². The number of hydrogen-bond donors (Lipinski definition) is 0. The molecule has 0 radical (unpaired) electrons. The van der Waals surface area contributed by atoms with Crippen molar-refractivity contribution in [1.29, 1.82) is 0 Å². The molecule has 0 amide bonds. The van der Waals surface area contributed by atoms with Gasteiger partial charge >= 0.3 is 0 Å². The zero-order valence-electron chi connectivity index (χ0n) is 9.06. The second kappa shape index (κ2) is 9.21. The van der Waals surface area contributed by atoms with Crippen molar-refractivity contribution in [1.82, 2.24) is 0 Å². The van der Waals surface area contributed by atoms with E-state index >= 15 is 0 Å². The van der Waals surface area contributed by atoms with Crippen LogP contribution >= 0.6 is 127 Å². The van der Waals surface area contributed by atoms with Crippen molar-refractivity contribution in [3.63, 3.8) is 0 Å². The van der Waals surface area contributed by atoms with E-state index in [1.807, 2.05) is 0 Å². The molecule has 0 aromatic carbocycles. The van der Waals surface area contributed by atoms with Crippen molar-refractivity contribution in [2.75, 3.05) is 0 Å². The maximum absolute atomic E-state index is 3.73. The lowest BCUT2D eigenvalue weighted by Gasteiger charge is -2.46. The highest BCUT2D eigenvalue weighted by Crippen LogP contribution is 2.54. The summed E-state index contributed by atoms with van der Waals surface area (Å²) in [6, 6.07) is 0. The maximum Gasteiger partial charge on any atom is 0.0732 e. The van der Waals surface area contributed by atoms with Gasteiger partial charge in [0.15, 0.2) is 0 Å². The van der Waals surface area contributed by atoms with E-state index in [9.17, 15) is 0 Å². The molecule has 18 heavy (non-hydrogen) atoms. The molecule has 1 fully saturated rings. The minimum atomic E-state index is 0.303. The quantitative estimate of drug-likeness (QED) is 0.257. The Bertz CT molecular complexity index is 228. The molecule has 0 N–H and O–H groups in total. The Labute approximate surface area is 176 Å². The van der Waals surface area contributed by atoms with Crippen LogP contribution < -0.4 is 0 Å². The van der Waals surface area contributed by atoms with Crippen LogP contribution in [0.2, 0.25) is 0 Å². The van der Waals surface area contributed by atoms with E-state index in [-0.39, 0.29) is 0 Å². The third-order valence-corrected chi connectivity index (χ3v) is 8.65. The van der Waals surface area contributed by atoms with Gasteiger partial charge in [-0.1, -0.05) is 127 Å². The SMILES string of the molecule is BrC(Br)C1CCC(C(Br)Br)C(C(Br)Br)C1C(Br)Br. The molecule has 0 aromatic heterocycles. The lowest BCUT2D eigenvalue weighted by molar-refractivity contribution is 0.137. The summed E-state index contributed by atoms with van der Waals surface area (Å²) in [6.07, 6.45) is 2.42. The molecule has 1 aliphatic rings. The van der Waals surface area contributed by atoms with Gasteiger partial charge in [-0.15, -0.1) is 0 Å². The third kappa shape index (κ3) is 5.19. The molecular weight excluding hydrogens is 759 g/mol. The Morgan fingerprint density at radius 3 is 0.944 bits per heavy atom. The van der Waals surface area contributed by atoms with Crippen molar-refractivity contribution in [2.24, 2.45) is 23.7 Å². The molecule has 4 unspecified atom stereocenters. The fourth-order valence-electron chi connectivity index (χ4n) is 2.64. The van der Waals surface area contributed by atoms with Crippen LogP contribution in [0.3, 0.4) is 0 Å². The molecule has 0 nitrogen and oxygen atoms in total. The molecule has 8 heteroatoms. The highest BCUT2D eigenvalue weighted by atomic mass is 79.9. The predicted molar refractivity (Wildman–Crippen MR) is 110 cm³/mol. The van der Waals surface area contributed by atoms with Gasteiger partial charge in [-0.05, 0) is 36.5 Å². The zero-order valence-corrected chi connectivity index (χ0v) is 21.7. The van der Waals surface area contributed by atoms with Crippen LogP contribution in [0.4, 0.5) is 0 Å². The van der Waals surface area contributed by atoms with Crippen LogP contribution in [0.15, 0.2) is 0 Å². The van der Waals surface area contributed by atoms with Crippen molar-refractivity contribution in [3.8, 4) is 0 Å². The normalized spacial score (nSPS) is 34.0. The predicted octanol–water partition coefficient (Wildman–Crippen LogP) is 7.71. The van der Waals surface area contributed by atoms with E-state index in [1.54, 1.807) is 0 Å². The minimum absolute atomic E-state index is 0.303. The fraction of sp³-hybridized carbons (Fsp3) is 1.00. The van der Waals surface area contributed by atoms with Crippen LogP contribution in [-0.4, -0.2) is 14.9 Å². The van der Waals surface area contributed by atoms with Crippen LogP contribution in [0, 0.1) is 23.7 Å². The van der Waals surface area contributed by atoms with E-state index in [0.29, 0.717) is 38.6 Å². The second-order valence-electron chi connectivity index (χ2n) is 4.40. The van der Waals surface area contributed by atoms with Gasteiger partial charge in [-0.25, -0.2) is 0 Å². The van der Waals surface area contributed by atoms with Gasteiger partial charge in [0.25, 0.3) is 0 Å². The van der Waals surface area contributed by atoms with Gasteiger partial charge in [0.2, 0.25) is 0 Å². The van der Waals surface area contributed by atoms with Crippen molar-refractivity contribution in [2.45, 2.75) is 27.8 Å². The monoisotopic (exact) mass is 763 g/mol. The topological polar surface area (TPSA) is 0 Å². The summed E-state index contributed by atoms with van der Waals surface area (Å²) in [7, 11) is 0. The molecule has 1 saturated carbocycles. The Kier molecular flexibility index (Phi) is 10.2. The number of halogens is 8. The Morgan fingerprint density at radius 1 is 0.500 bits per heavy atom. The Balaban J connectivity index is 3.02. The summed E-state index contributed by atoms with van der Waals surface area (Å²) in [4.78, 5) is 0. The van der Waals surface area contributed by atoms with E-state index < -0.39 is 0 Å². The summed E-state index contributed by atoms with van der Waals surface area (Å²) < 4.78 is 1.30. The van der Waals surface area contributed by atoms with Crippen LogP contribution in [0.25, 0.3) is 0 Å². The highest BCUT2D eigenvalue weighted by molar-refractivity contribution is 9.25. The summed E-state index contributed by atoms with van der Waals surface area (Å²) >= 11 is 29.7. The Morgan fingerprint density at radius 2 is 0.778 bits per heavy atom. The van der Waals surface area contributed by atoms with Crippen molar-refractivity contribution >= 4 is 127 Å². The van der Waals surface area contributed by atoms with Gasteiger partial charge in [-0.2, -0.15) is 0 Å². The van der Waals surface area contributed by atoms with Gasteiger partial charge in [0.05, 0.1) is 14.9 Å². The number of rotatable bonds is 4. The Hall–Kier alpha value is 3.84.